The smallest absolute Gasteiger partial charge is 0.273 e. The molecule has 16 heavy (non-hydrogen) atoms. The number of halogens is 1. The van der Waals surface area contributed by atoms with Crippen LogP contribution in [-0.2, 0) is 0 Å². The lowest BCUT2D eigenvalue weighted by atomic mass is 10.3. The predicted molar refractivity (Wildman–Crippen MR) is 62.6 cm³/mol. The van der Waals surface area contributed by atoms with Crippen LogP contribution in [0.15, 0.2) is 22.7 Å². The van der Waals surface area contributed by atoms with Crippen LogP contribution in [0.3, 0.4) is 0 Å². The molecule has 88 valence electrons. The van der Waals surface area contributed by atoms with Gasteiger partial charge in [0.1, 0.15) is 5.75 Å². The van der Waals surface area contributed by atoms with E-state index in [2.05, 4.69) is 15.9 Å². The van der Waals surface area contributed by atoms with Gasteiger partial charge < -0.3 is 9.84 Å². The molecule has 0 saturated heterocycles. The third-order valence-electron chi connectivity index (χ3n) is 1.92. The molecule has 0 aliphatic rings. The molecule has 5 nitrogen and oxygen atoms in total. The van der Waals surface area contributed by atoms with Crippen LogP contribution in [-0.4, -0.2) is 22.7 Å². The van der Waals surface area contributed by atoms with Crippen LogP contribution in [0.25, 0.3) is 0 Å². The first-order valence-electron chi connectivity index (χ1n) is 4.75. The summed E-state index contributed by atoms with van der Waals surface area (Å²) >= 11 is 3.24. The molecule has 6 heteroatoms. The summed E-state index contributed by atoms with van der Waals surface area (Å²) < 4.78 is 5.98. The number of aliphatic hydroxyl groups excluding tert-OH is 1. The lowest BCUT2D eigenvalue weighted by molar-refractivity contribution is -0.385. The van der Waals surface area contributed by atoms with E-state index in [1.807, 2.05) is 0 Å². The number of nitro benzene ring substituents is 1. The highest BCUT2D eigenvalue weighted by molar-refractivity contribution is 9.10. The topological polar surface area (TPSA) is 72.6 Å². The van der Waals surface area contributed by atoms with Crippen LogP contribution < -0.4 is 4.74 Å². The predicted octanol–water partition coefficient (Wildman–Crippen LogP) is 2.51. The van der Waals surface area contributed by atoms with Gasteiger partial charge in [-0.25, -0.2) is 0 Å². The quantitative estimate of drug-likeness (QED) is 0.668. The van der Waals surface area contributed by atoms with Gasteiger partial charge in [-0.2, -0.15) is 0 Å². The van der Waals surface area contributed by atoms with Gasteiger partial charge >= 0.3 is 0 Å². The maximum atomic E-state index is 10.5. The van der Waals surface area contributed by atoms with Crippen LogP contribution in [0, 0.1) is 10.1 Å². The summed E-state index contributed by atoms with van der Waals surface area (Å²) in [4.78, 5) is 10.1. The van der Waals surface area contributed by atoms with Gasteiger partial charge in [0.15, 0.2) is 0 Å². The second kappa shape index (κ2) is 5.81. The number of non-ortho nitro benzene ring substituents is 1. The van der Waals surface area contributed by atoms with Crippen molar-refractivity contribution in [2.24, 2.45) is 0 Å². The fraction of sp³-hybridized carbons (Fsp3) is 0.400. The fourth-order valence-electron chi connectivity index (χ4n) is 1.06. The molecule has 0 radical (unpaired) electrons. The Kier molecular flexibility index (Phi) is 4.70. The average molecular weight is 290 g/mol. The number of nitro groups is 1. The van der Waals surface area contributed by atoms with Gasteiger partial charge in [0.2, 0.25) is 0 Å². The molecule has 0 saturated carbocycles. The van der Waals surface area contributed by atoms with Crippen molar-refractivity contribution >= 4 is 21.6 Å². The van der Waals surface area contributed by atoms with E-state index >= 15 is 0 Å². The van der Waals surface area contributed by atoms with Gasteiger partial charge in [0.05, 0.1) is 28.2 Å². The van der Waals surface area contributed by atoms with Crippen LogP contribution in [0.5, 0.6) is 5.75 Å². The summed E-state index contributed by atoms with van der Waals surface area (Å²) in [5, 5.41) is 19.6. The molecule has 0 spiro atoms. The first-order chi connectivity index (χ1) is 7.50. The van der Waals surface area contributed by atoms with Gasteiger partial charge in [0.25, 0.3) is 5.69 Å². The van der Waals surface area contributed by atoms with Crippen molar-refractivity contribution in [2.45, 2.75) is 19.4 Å². The molecule has 0 aromatic heterocycles. The van der Waals surface area contributed by atoms with Crippen LogP contribution in [0.2, 0.25) is 0 Å². The molecule has 1 aromatic rings. The Hall–Kier alpha value is -1.14. The molecule has 0 aliphatic heterocycles. The number of rotatable bonds is 5. The lowest BCUT2D eigenvalue weighted by Crippen LogP contribution is -2.07. The molecule has 0 aliphatic carbocycles. The first-order valence-corrected chi connectivity index (χ1v) is 5.55. The van der Waals surface area contributed by atoms with E-state index in [1.165, 1.54) is 12.1 Å². The van der Waals surface area contributed by atoms with Crippen LogP contribution in [0.4, 0.5) is 5.69 Å². The van der Waals surface area contributed by atoms with E-state index in [9.17, 15) is 10.1 Å². The van der Waals surface area contributed by atoms with Crippen molar-refractivity contribution in [2.75, 3.05) is 6.61 Å². The maximum absolute atomic E-state index is 10.5. The summed E-state index contributed by atoms with van der Waals surface area (Å²) in [6.07, 6.45) is 0.0345. The van der Waals surface area contributed by atoms with Gasteiger partial charge in [0, 0.05) is 12.5 Å². The number of nitrogens with zero attached hydrogens (tertiary/aromatic N) is 1. The zero-order valence-corrected chi connectivity index (χ0v) is 10.3. The van der Waals surface area contributed by atoms with Gasteiger partial charge in [-0.3, -0.25) is 10.1 Å². The van der Waals surface area contributed by atoms with Crippen molar-refractivity contribution in [1.29, 1.82) is 0 Å². The summed E-state index contributed by atoms with van der Waals surface area (Å²) in [6.45, 7) is 1.98. The summed E-state index contributed by atoms with van der Waals surface area (Å²) in [5.74, 6) is 0.412. The minimum Gasteiger partial charge on any atom is -0.492 e. The Bertz CT molecular complexity index is 381. The van der Waals surface area contributed by atoms with Gasteiger partial charge in [-0.05, 0) is 28.9 Å². The molecular formula is C10H12BrNO4. The molecule has 1 aromatic carbocycles. The molecule has 1 rings (SSSR count). The normalized spacial score (nSPS) is 12.2. The highest BCUT2D eigenvalue weighted by Crippen LogP contribution is 2.29. The van der Waals surface area contributed by atoms with Crippen molar-refractivity contribution in [3.8, 4) is 5.75 Å². The summed E-state index contributed by atoms with van der Waals surface area (Å²) in [7, 11) is 0. The Morgan fingerprint density at radius 1 is 1.62 bits per heavy atom. The highest BCUT2D eigenvalue weighted by atomic mass is 79.9. The molecule has 0 heterocycles. The van der Waals surface area contributed by atoms with E-state index in [0.29, 0.717) is 23.2 Å². The number of hydrogen-bond donors (Lipinski definition) is 1. The highest BCUT2D eigenvalue weighted by Gasteiger charge is 2.10. The Labute approximate surface area is 101 Å². The molecular weight excluding hydrogens is 278 g/mol. The number of benzene rings is 1. The lowest BCUT2D eigenvalue weighted by Gasteiger charge is -2.08. The Morgan fingerprint density at radius 2 is 2.31 bits per heavy atom. The minimum absolute atomic E-state index is 0.0183. The van der Waals surface area contributed by atoms with Crippen LogP contribution >= 0.6 is 15.9 Å². The third-order valence-corrected chi connectivity index (χ3v) is 2.57. The molecule has 0 bridgehead atoms. The largest absolute Gasteiger partial charge is 0.492 e. The number of aliphatic hydroxyl groups is 1. The molecule has 1 unspecified atom stereocenters. The Morgan fingerprint density at radius 3 is 2.88 bits per heavy atom. The van der Waals surface area contributed by atoms with Gasteiger partial charge in [-0.15, -0.1) is 0 Å². The average Bonchev–Trinajstić information content (AvgIpc) is 2.20. The van der Waals surface area contributed by atoms with E-state index in [0.717, 1.165) is 0 Å². The second-order valence-electron chi connectivity index (χ2n) is 3.36. The monoisotopic (exact) mass is 289 g/mol. The van der Waals surface area contributed by atoms with E-state index in [-0.39, 0.29) is 5.69 Å². The SMILES string of the molecule is CC(O)CCOc1cc([N+](=O)[O-])ccc1Br. The standard InChI is InChI=1S/C10H12BrNO4/c1-7(13)4-5-16-10-6-8(12(14)15)2-3-9(10)11/h2-3,6-7,13H,4-5H2,1H3. The molecule has 0 amide bonds. The first kappa shape index (κ1) is 12.9. The number of ether oxygens (including phenoxy) is 1. The van der Waals surface area contributed by atoms with Crippen molar-refractivity contribution < 1.29 is 14.8 Å². The maximum Gasteiger partial charge on any atom is 0.273 e. The minimum atomic E-state index is -0.478. The summed E-state index contributed by atoms with van der Waals surface area (Å²) in [5.41, 5.74) is -0.0183. The van der Waals surface area contributed by atoms with Crippen LogP contribution in [0.1, 0.15) is 13.3 Å². The molecule has 1 N–H and O–H groups in total. The van der Waals surface area contributed by atoms with Crippen molar-refractivity contribution in [3.63, 3.8) is 0 Å². The van der Waals surface area contributed by atoms with Crippen molar-refractivity contribution in [3.05, 3.63) is 32.8 Å². The molecule has 0 fully saturated rings. The summed E-state index contributed by atoms with van der Waals surface area (Å²) in [6, 6.07) is 4.31. The third kappa shape index (κ3) is 3.79. The second-order valence-corrected chi connectivity index (χ2v) is 4.21. The molecule has 1 atom stereocenters. The van der Waals surface area contributed by atoms with E-state index in [4.69, 9.17) is 9.84 Å². The zero-order chi connectivity index (χ0) is 12.1. The Balaban J connectivity index is 2.70. The fourth-order valence-corrected chi connectivity index (χ4v) is 1.42. The van der Waals surface area contributed by atoms with E-state index < -0.39 is 11.0 Å². The number of hydrogen-bond acceptors (Lipinski definition) is 4. The zero-order valence-electron chi connectivity index (χ0n) is 8.72. The van der Waals surface area contributed by atoms with E-state index in [1.54, 1.807) is 13.0 Å². The van der Waals surface area contributed by atoms with Gasteiger partial charge in [-0.1, -0.05) is 0 Å². The van der Waals surface area contributed by atoms with Crippen molar-refractivity contribution in [1.82, 2.24) is 0 Å².